The Hall–Kier alpha value is -1.29. The third-order valence-corrected chi connectivity index (χ3v) is 1.72. The number of aliphatic hydroxyl groups excluding tert-OH is 1. The molecule has 0 atom stereocenters. The number of aliphatic hydroxyl groups is 1. The quantitative estimate of drug-likeness (QED) is 0.320. The van der Waals surface area contributed by atoms with Crippen molar-refractivity contribution in [3.63, 3.8) is 0 Å². The molecule has 0 aliphatic heterocycles. The number of allylic oxidation sites excluding steroid dienone is 2. The lowest BCUT2D eigenvalue weighted by molar-refractivity contribution is -0.120. The molecule has 4 N–H and O–H groups in total. The smallest absolute Gasteiger partial charge is 0.237 e. The highest BCUT2D eigenvalue weighted by atomic mass is 16.3. The van der Waals surface area contributed by atoms with Crippen molar-refractivity contribution < 1.29 is 9.90 Å². The molecule has 4 nitrogen and oxygen atoms in total. The van der Waals surface area contributed by atoms with Gasteiger partial charge in [-0.3, -0.25) is 10.2 Å². The number of rotatable bonds is 2. The Labute approximate surface area is 70.7 Å². The van der Waals surface area contributed by atoms with E-state index in [4.69, 9.17) is 10.9 Å². The molecule has 0 saturated heterocycles. The van der Waals surface area contributed by atoms with E-state index in [0.717, 1.165) is 18.4 Å². The molecule has 66 valence electrons. The van der Waals surface area contributed by atoms with Crippen molar-refractivity contribution in [1.29, 1.82) is 0 Å². The van der Waals surface area contributed by atoms with Crippen LogP contribution < -0.4 is 11.3 Å². The molecule has 1 rings (SSSR count). The number of hydrogen-bond donors (Lipinski definition) is 3. The van der Waals surface area contributed by atoms with Crippen LogP contribution in [-0.4, -0.2) is 11.0 Å². The summed E-state index contributed by atoms with van der Waals surface area (Å²) in [4.78, 5) is 10.8. The lowest BCUT2D eigenvalue weighted by atomic mass is 10.0. The average molecular weight is 168 g/mol. The lowest BCUT2D eigenvalue weighted by Gasteiger charge is -2.09. The van der Waals surface area contributed by atoms with E-state index in [0.29, 0.717) is 0 Å². The molecule has 1 amide bonds. The summed E-state index contributed by atoms with van der Waals surface area (Å²) in [6.07, 6.45) is 5.21. The van der Waals surface area contributed by atoms with Crippen molar-refractivity contribution in [2.45, 2.75) is 19.3 Å². The van der Waals surface area contributed by atoms with Crippen LogP contribution in [0, 0.1) is 0 Å². The van der Waals surface area contributed by atoms with Crippen LogP contribution in [0.5, 0.6) is 0 Å². The Balaban J connectivity index is 2.53. The molecule has 0 heterocycles. The van der Waals surface area contributed by atoms with Crippen molar-refractivity contribution in [3.05, 3.63) is 23.5 Å². The lowest BCUT2D eigenvalue weighted by Crippen LogP contribution is -2.30. The third-order valence-electron chi connectivity index (χ3n) is 1.72. The van der Waals surface area contributed by atoms with E-state index in [9.17, 15) is 4.79 Å². The van der Waals surface area contributed by atoms with Gasteiger partial charge in [-0.1, -0.05) is 5.57 Å². The summed E-state index contributed by atoms with van der Waals surface area (Å²) < 4.78 is 0. The second kappa shape index (κ2) is 3.92. The van der Waals surface area contributed by atoms with Gasteiger partial charge in [0.1, 0.15) is 5.76 Å². The molecule has 0 radical (unpaired) electrons. The molecule has 0 aromatic carbocycles. The van der Waals surface area contributed by atoms with Gasteiger partial charge in [-0.2, -0.15) is 0 Å². The molecule has 0 bridgehead atoms. The van der Waals surface area contributed by atoms with E-state index in [1.54, 1.807) is 12.2 Å². The van der Waals surface area contributed by atoms with Crippen LogP contribution in [0.3, 0.4) is 0 Å². The van der Waals surface area contributed by atoms with Gasteiger partial charge in [0.2, 0.25) is 5.91 Å². The van der Waals surface area contributed by atoms with Gasteiger partial charge in [-0.15, -0.1) is 0 Å². The van der Waals surface area contributed by atoms with Crippen molar-refractivity contribution >= 4 is 5.91 Å². The average Bonchev–Trinajstić information content (AvgIpc) is 2.04. The van der Waals surface area contributed by atoms with Crippen LogP contribution in [0.15, 0.2) is 23.5 Å². The van der Waals surface area contributed by atoms with Gasteiger partial charge < -0.3 is 5.11 Å². The number of hydrogen-bond acceptors (Lipinski definition) is 3. The standard InChI is InChI=1S/C8H12N2O2/c9-10-8(12)5-6-2-1-3-7(11)4-6/h3-4,11H,1-2,5,9H2,(H,10,12). The molecule has 0 spiro atoms. The molecule has 0 aromatic heterocycles. The van der Waals surface area contributed by atoms with E-state index < -0.39 is 0 Å². The zero-order valence-electron chi connectivity index (χ0n) is 6.71. The number of hydrazine groups is 1. The number of nitrogens with one attached hydrogen (secondary N) is 1. The second-order valence-corrected chi connectivity index (χ2v) is 2.71. The Morgan fingerprint density at radius 2 is 2.50 bits per heavy atom. The molecular formula is C8H12N2O2. The summed E-state index contributed by atoms with van der Waals surface area (Å²) in [6.45, 7) is 0. The van der Waals surface area contributed by atoms with E-state index in [-0.39, 0.29) is 18.1 Å². The van der Waals surface area contributed by atoms with Crippen molar-refractivity contribution in [2.24, 2.45) is 5.84 Å². The fourth-order valence-electron chi connectivity index (χ4n) is 1.14. The number of nitrogens with two attached hydrogens (primary N) is 1. The highest BCUT2D eigenvalue weighted by Crippen LogP contribution is 2.17. The van der Waals surface area contributed by atoms with Gasteiger partial charge in [-0.25, -0.2) is 5.84 Å². The minimum Gasteiger partial charge on any atom is -0.508 e. The molecule has 0 aromatic rings. The predicted molar refractivity (Wildman–Crippen MR) is 45.0 cm³/mol. The summed E-state index contributed by atoms with van der Waals surface area (Å²) in [6, 6.07) is 0. The highest BCUT2D eigenvalue weighted by molar-refractivity contribution is 5.78. The molecule has 0 unspecified atom stereocenters. The first kappa shape index (κ1) is 8.80. The highest BCUT2D eigenvalue weighted by Gasteiger charge is 2.07. The molecule has 1 aliphatic rings. The van der Waals surface area contributed by atoms with Crippen LogP contribution in [0.25, 0.3) is 0 Å². The summed E-state index contributed by atoms with van der Waals surface area (Å²) in [5.74, 6) is 4.93. The first-order valence-corrected chi connectivity index (χ1v) is 3.80. The largest absolute Gasteiger partial charge is 0.508 e. The van der Waals surface area contributed by atoms with Gasteiger partial charge in [-0.05, 0) is 25.0 Å². The molecule has 1 aliphatic carbocycles. The maximum Gasteiger partial charge on any atom is 0.237 e. The molecular weight excluding hydrogens is 156 g/mol. The monoisotopic (exact) mass is 168 g/mol. The normalized spacial score (nSPS) is 16.4. The zero-order valence-corrected chi connectivity index (χ0v) is 6.71. The molecule has 4 heteroatoms. The van der Waals surface area contributed by atoms with Crippen LogP contribution in [0.4, 0.5) is 0 Å². The Bertz CT molecular complexity index is 243. The van der Waals surface area contributed by atoms with Gasteiger partial charge in [0, 0.05) is 6.42 Å². The Morgan fingerprint density at radius 3 is 3.08 bits per heavy atom. The fourth-order valence-corrected chi connectivity index (χ4v) is 1.14. The van der Waals surface area contributed by atoms with Gasteiger partial charge in [0.05, 0.1) is 0 Å². The molecule has 0 fully saturated rings. The SMILES string of the molecule is NNC(=O)CC1=CC(O)=CCC1. The number of carbonyl (C=O) groups is 1. The van der Waals surface area contributed by atoms with E-state index in [1.165, 1.54) is 0 Å². The van der Waals surface area contributed by atoms with Gasteiger partial charge in [0.15, 0.2) is 0 Å². The van der Waals surface area contributed by atoms with Crippen LogP contribution in [-0.2, 0) is 4.79 Å². The summed E-state index contributed by atoms with van der Waals surface area (Å²) in [5.41, 5.74) is 2.96. The molecule has 12 heavy (non-hydrogen) atoms. The minimum absolute atomic E-state index is 0.226. The van der Waals surface area contributed by atoms with E-state index in [1.807, 2.05) is 5.43 Å². The van der Waals surface area contributed by atoms with Crippen LogP contribution in [0.2, 0.25) is 0 Å². The van der Waals surface area contributed by atoms with Crippen LogP contribution in [0.1, 0.15) is 19.3 Å². The summed E-state index contributed by atoms with van der Waals surface area (Å²) in [7, 11) is 0. The van der Waals surface area contributed by atoms with Gasteiger partial charge in [0.25, 0.3) is 0 Å². The topological polar surface area (TPSA) is 75.3 Å². The minimum atomic E-state index is -0.226. The zero-order chi connectivity index (χ0) is 8.97. The first-order valence-electron chi connectivity index (χ1n) is 3.80. The third kappa shape index (κ3) is 2.39. The fraction of sp³-hybridized carbons (Fsp3) is 0.375. The number of amides is 1. The van der Waals surface area contributed by atoms with Crippen molar-refractivity contribution in [3.8, 4) is 0 Å². The van der Waals surface area contributed by atoms with Crippen molar-refractivity contribution in [1.82, 2.24) is 5.43 Å². The maximum atomic E-state index is 10.8. The summed E-state index contributed by atoms with van der Waals surface area (Å²) in [5, 5.41) is 9.09. The van der Waals surface area contributed by atoms with Crippen molar-refractivity contribution in [2.75, 3.05) is 0 Å². The predicted octanol–water partition coefficient (Wildman–Crippen LogP) is 0.528. The molecule has 0 saturated carbocycles. The number of carbonyl (C=O) groups excluding carboxylic acids is 1. The van der Waals surface area contributed by atoms with Gasteiger partial charge >= 0.3 is 0 Å². The summed E-state index contributed by atoms with van der Waals surface area (Å²) >= 11 is 0. The van der Waals surface area contributed by atoms with E-state index in [2.05, 4.69) is 0 Å². The van der Waals surface area contributed by atoms with E-state index >= 15 is 0 Å². The maximum absolute atomic E-state index is 10.8. The second-order valence-electron chi connectivity index (χ2n) is 2.71. The first-order chi connectivity index (χ1) is 5.72. The Kier molecular flexibility index (Phi) is 2.88. The van der Waals surface area contributed by atoms with Crippen LogP contribution >= 0.6 is 0 Å². The Morgan fingerprint density at radius 1 is 1.75 bits per heavy atom.